The van der Waals surface area contributed by atoms with E-state index < -0.39 is 0 Å². The Bertz CT molecular complexity index is 782. The predicted octanol–water partition coefficient (Wildman–Crippen LogP) is 3.13. The number of H-pyrrole nitrogens is 1. The lowest BCUT2D eigenvalue weighted by atomic mass is 9.84. The zero-order chi connectivity index (χ0) is 17.6. The largest absolute Gasteiger partial charge is 0.383 e. The summed E-state index contributed by atoms with van der Waals surface area (Å²) in [6, 6.07) is 9.32. The first-order valence-electron chi connectivity index (χ1n) is 8.49. The van der Waals surface area contributed by atoms with Crippen LogP contribution in [0.4, 0.5) is 11.5 Å². The van der Waals surface area contributed by atoms with Crippen LogP contribution >= 0.6 is 11.8 Å². The Morgan fingerprint density at radius 2 is 1.96 bits per heavy atom. The van der Waals surface area contributed by atoms with Crippen LogP contribution in [-0.4, -0.2) is 21.6 Å². The summed E-state index contributed by atoms with van der Waals surface area (Å²) in [6.07, 6.45) is 6.47. The zero-order valence-corrected chi connectivity index (χ0v) is 14.8. The summed E-state index contributed by atoms with van der Waals surface area (Å²) in [5, 5.41) is 3.20. The number of hydrogen-bond acceptors (Lipinski definition) is 5. The summed E-state index contributed by atoms with van der Waals surface area (Å²) in [6.45, 7) is 0. The van der Waals surface area contributed by atoms with Crippen LogP contribution in [0.1, 0.15) is 43.6 Å². The number of aromatic nitrogens is 2. The summed E-state index contributed by atoms with van der Waals surface area (Å²) in [5.74, 6) is 0.794. The number of nitrogens with two attached hydrogens (primary N) is 1. The third-order valence-electron chi connectivity index (χ3n) is 4.35. The number of nitrogen functional groups attached to an aromatic ring is 1. The molecule has 1 aliphatic carbocycles. The van der Waals surface area contributed by atoms with Gasteiger partial charge in [-0.25, -0.2) is 4.98 Å². The summed E-state index contributed by atoms with van der Waals surface area (Å²) < 4.78 is 0. The highest BCUT2D eigenvalue weighted by Crippen LogP contribution is 2.32. The molecule has 6 nitrogen and oxygen atoms in total. The van der Waals surface area contributed by atoms with Crippen LogP contribution in [0, 0.1) is 0 Å². The second-order valence-electron chi connectivity index (χ2n) is 6.27. The monoisotopic (exact) mass is 358 g/mol. The third kappa shape index (κ3) is 5.09. The Hall–Kier alpha value is -2.28. The number of amides is 1. The van der Waals surface area contributed by atoms with Crippen LogP contribution in [0.15, 0.2) is 40.3 Å². The fourth-order valence-corrected chi connectivity index (χ4v) is 3.81. The average Bonchev–Trinajstić information content (AvgIpc) is 2.61. The lowest BCUT2D eigenvalue weighted by Crippen LogP contribution is -2.15. The number of carbonyl (C=O) groups excluding carboxylic acids is 1. The number of hydrogen-bond donors (Lipinski definition) is 3. The van der Waals surface area contributed by atoms with Crippen LogP contribution in [0.3, 0.4) is 0 Å². The van der Waals surface area contributed by atoms with Gasteiger partial charge in [0.15, 0.2) is 5.16 Å². The molecular formula is C18H22N4O2S. The number of carbonyl (C=O) groups is 1. The molecule has 0 unspecified atom stereocenters. The second-order valence-corrected chi connectivity index (χ2v) is 7.23. The van der Waals surface area contributed by atoms with Gasteiger partial charge in [-0.1, -0.05) is 43.2 Å². The summed E-state index contributed by atoms with van der Waals surface area (Å²) in [5.41, 5.74) is 7.33. The molecule has 0 radical (unpaired) electrons. The van der Waals surface area contributed by atoms with Crippen LogP contribution in [0.25, 0.3) is 0 Å². The molecule has 0 atom stereocenters. The van der Waals surface area contributed by atoms with Gasteiger partial charge < -0.3 is 16.0 Å². The normalized spacial score (nSPS) is 15.0. The van der Waals surface area contributed by atoms with Gasteiger partial charge in [0.1, 0.15) is 5.82 Å². The molecule has 25 heavy (non-hydrogen) atoms. The van der Waals surface area contributed by atoms with Gasteiger partial charge >= 0.3 is 0 Å². The zero-order valence-electron chi connectivity index (χ0n) is 14.0. The molecule has 7 heteroatoms. The highest BCUT2D eigenvalue weighted by Gasteiger charge is 2.15. The van der Waals surface area contributed by atoms with Crippen molar-refractivity contribution in [3.63, 3.8) is 0 Å². The van der Waals surface area contributed by atoms with E-state index in [0.29, 0.717) is 11.1 Å². The van der Waals surface area contributed by atoms with Crippen molar-refractivity contribution in [2.45, 2.75) is 43.2 Å². The number of thioether (sulfide) groups is 1. The lowest BCUT2D eigenvalue weighted by Gasteiger charge is -2.22. The number of aromatic amines is 1. The Labute approximate surface area is 150 Å². The van der Waals surface area contributed by atoms with E-state index in [0.717, 1.165) is 17.4 Å². The summed E-state index contributed by atoms with van der Waals surface area (Å²) in [4.78, 5) is 29.9. The number of nitrogens with one attached hydrogen (secondary N) is 2. The standard InChI is InChI=1S/C18H22N4O2S/c19-15-10-16(23)22-18(21-15)25-11-17(24)20-14-8-6-13(7-9-14)12-4-2-1-3-5-12/h6-10,12H,1-5,11H2,(H,20,24)(H3,19,21,22,23). The van der Waals surface area contributed by atoms with Crippen molar-refractivity contribution in [1.82, 2.24) is 9.97 Å². The van der Waals surface area contributed by atoms with Gasteiger partial charge in [0, 0.05) is 11.8 Å². The minimum absolute atomic E-state index is 0.143. The Morgan fingerprint density at radius 1 is 1.24 bits per heavy atom. The molecule has 1 heterocycles. The van der Waals surface area contributed by atoms with Crippen molar-refractivity contribution in [1.29, 1.82) is 0 Å². The van der Waals surface area contributed by atoms with Crippen molar-refractivity contribution in [3.05, 3.63) is 46.2 Å². The first kappa shape index (κ1) is 17.5. The third-order valence-corrected chi connectivity index (χ3v) is 5.22. The molecule has 1 fully saturated rings. The van der Waals surface area contributed by atoms with E-state index in [9.17, 15) is 9.59 Å². The second kappa shape index (κ2) is 8.20. The lowest BCUT2D eigenvalue weighted by molar-refractivity contribution is -0.113. The molecule has 2 aromatic rings. The van der Waals surface area contributed by atoms with E-state index in [1.807, 2.05) is 12.1 Å². The maximum Gasteiger partial charge on any atom is 0.253 e. The average molecular weight is 358 g/mol. The van der Waals surface area contributed by atoms with E-state index in [1.54, 1.807) is 0 Å². The molecule has 0 saturated heterocycles. The van der Waals surface area contributed by atoms with E-state index in [-0.39, 0.29) is 23.0 Å². The minimum Gasteiger partial charge on any atom is -0.383 e. The van der Waals surface area contributed by atoms with E-state index >= 15 is 0 Å². The van der Waals surface area contributed by atoms with Gasteiger partial charge in [0.25, 0.3) is 5.56 Å². The van der Waals surface area contributed by atoms with Gasteiger partial charge in [-0.15, -0.1) is 0 Å². The van der Waals surface area contributed by atoms with Crippen molar-refractivity contribution in [2.75, 3.05) is 16.8 Å². The SMILES string of the molecule is Nc1cc(=O)[nH]c(SCC(=O)Nc2ccc(C3CCCCC3)cc2)n1. The van der Waals surface area contributed by atoms with Crippen LogP contribution < -0.4 is 16.6 Å². The van der Waals surface area contributed by atoms with Gasteiger partial charge in [0.2, 0.25) is 5.91 Å². The van der Waals surface area contributed by atoms with Gasteiger partial charge in [-0.05, 0) is 36.5 Å². The smallest absolute Gasteiger partial charge is 0.253 e. The topological polar surface area (TPSA) is 101 Å². The maximum absolute atomic E-state index is 12.1. The quantitative estimate of drug-likeness (QED) is 0.563. The number of nitrogens with zero attached hydrogens (tertiary/aromatic N) is 1. The molecule has 1 amide bonds. The van der Waals surface area contributed by atoms with Gasteiger partial charge in [-0.2, -0.15) is 0 Å². The highest BCUT2D eigenvalue weighted by atomic mass is 32.2. The highest BCUT2D eigenvalue weighted by molar-refractivity contribution is 7.99. The molecule has 0 spiro atoms. The molecule has 1 aromatic carbocycles. The fraction of sp³-hybridized carbons (Fsp3) is 0.389. The van der Waals surface area contributed by atoms with Crippen molar-refractivity contribution in [3.8, 4) is 0 Å². The van der Waals surface area contributed by atoms with E-state index in [1.165, 1.54) is 43.7 Å². The van der Waals surface area contributed by atoms with Crippen LogP contribution in [0.2, 0.25) is 0 Å². The molecule has 3 rings (SSSR count). The molecule has 1 aliphatic rings. The molecule has 0 bridgehead atoms. The van der Waals surface area contributed by atoms with Crippen molar-refractivity contribution >= 4 is 29.2 Å². The first-order chi connectivity index (χ1) is 12.1. The molecule has 1 aromatic heterocycles. The Balaban J connectivity index is 1.53. The molecule has 1 saturated carbocycles. The maximum atomic E-state index is 12.1. The van der Waals surface area contributed by atoms with E-state index in [4.69, 9.17) is 5.73 Å². The molecule has 132 valence electrons. The summed E-state index contributed by atoms with van der Waals surface area (Å²) in [7, 11) is 0. The van der Waals surface area contributed by atoms with Crippen LogP contribution in [-0.2, 0) is 4.79 Å². The summed E-state index contributed by atoms with van der Waals surface area (Å²) >= 11 is 1.14. The minimum atomic E-state index is -0.325. The molecular weight excluding hydrogens is 336 g/mol. The molecule has 0 aliphatic heterocycles. The Morgan fingerprint density at radius 3 is 2.64 bits per heavy atom. The Kier molecular flexibility index (Phi) is 5.75. The number of anilines is 2. The predicted molar refractivity (Wildman–Crippen MR) is 101 cm³/mol. The van der Waals surface area contributed by atoms with Gasteiger partial charge in [-0.3, -0.25) is 9.59 Å². The fourth-order valence-electron chi connectivity index (χ4n) is 3.13. The first-order valence-corrected chi connectivity index (χ1v) is 9.48. The van der Waals surface area contributed by atoms with Crippen molar-refractivity contribution in [2.24, 2.45) is 0 Å². The number of benzene rings is 1. The van der Waals surface area contributed by atoms with Crippen LogP contribution in [0.5, 0.6) is 0 Å². The number of rotatable bonds is 5. The van der Waals surface area contributed by atoms with Crippen molar-refractivity contribution < 1.29 is 4.79 Å². The molecule has 4 N–H and O–H groups in total. The van der Waals surface area contributed by atoms with E-state index in [2.05, 4.69) is 27.4 Å². The van der Waals surface area contributed by atoms with Gasteiger partial charge in [0.05, 0.1) is 5.75 Å².